The Labute approximate surface area is 104 Å². The van der Waals surface area contributed by atoms with Crippen molar-refractivity contribution in [3.8, 4) is 0 Å². The Bertz CT molecular complexity index is 327. The van der Waals surface area contributed by atoms with Crippen molar-refractivity contribution in [2.45, 2.75) is 26.3 Å². The molecule has 0 unspecified atom stereocenters. The standard InChI is InChI=1S/C11H15BrN2O2/c1-2-3-6-16-11(15)14-8-10-5-4-9(12)7-13-10/h4-5,7H,2-3,6,8H2,1H3,(H,14,15). The van der Waals surface area contributed by atoms with E-state index in [0.717, 1.165) is 23.0 Å². The molecule has 1 aromatic rings. The van der Waals surface area contributed by atoms with E-state index in [0.29, 0.717) is 13.2 Å². The van der Waals surface area contributed by atoms with Crippen LogP contribution in [0.1, 0.15) is 25.5 Å². The van der Waals surface area contributed by atoms with E-state index in [1.54, 1.807) is 6.20 Å². The number of carbonyl (C=O) groups excluding carboxylic acids is 1. The normalized spacial score (nSPS) is 9.88. The van der Waals surface area contributed by atoms with Gasteiger partial charge in [-0.2, -0.15) is 0 Å². The van der Waals surface area contributed by atoms with Crippen LogP contribution in [0.15, 0.2) is 22.8 Å². The average Bonchev–Trinajstić information content (AvgIpc) is 2.29. The second-order valence-electron chi connectivity index (χ2n) is 3.31. The average molecular weight is 287 g/mol. The summed E-state index contributed by atoms with van der Waals surface area (Å²) in [5, 5.41) is 2.64. The molecule has 1 heterocycles. The molecule has 0 fully saturated rings. The number of hydrogen-bond donors (Lipinski definition) is 1. The first-order valence-corrected chi connectivity index (χ1v) is 6.02. The van der Waals surface area contributed by atoms with Crippen molar-refractivity contribution in [2.75, 3.05) is 6.61 Å². The summed E-state index contributed by atoms with van der Waals surface area (Å²) in [4.78, 5) is 15.3. The fourth-order valence-corrected chi connectivity index (χ4v) is 1.27. The van der Waals surface area contributed by atoms with E-state index in [4.69, 9.17) is 4.74 Å². The topological polar surface area (TPSA) is 51.2 Å². The Morgan fingerprint density at radius 3 is 3.00 bits per heavy atom. The van der Waals surface area contributed by atoms with Crippen molar-refractivity contribution in [3.63, 3.8) is 0 Å². The van der Waals surface area contributed by atoms with E-state index >= 15 is 0 Å². The number of pyridine rings is 1. The number of carbonyl (C=O) groups is 1. The van der Waals surface area contributed by atoms with E-state index in [9.17, 15) is 4.79 Å². The monoisotopic (exact) mass is 286 g/mol. The van der Waals surface area contributed by atoms with Crippen molar-refractivity contribution in [2.24, 2.45) is 0 Å². The molecule has 5 heteroatoms. The fourth-order valence-electron chi connectivity index (χ4n) is 1.03. The van der Waals surface area contributed by atoms with Gasteiger partial charge in [-0.05, 0) is 34.5 Å². The fraction of sp³-hybridized carbons (Fsp3) is 0.455. The molecule has 0 radical (unpaired) electrons. The Morgan fingerprint density at radius 1 is 1.56 bits per heavy atom. The molecule has 1 amide bonds. The Morgan fingerprint density at radius 2 is 2.38 bits per heavy atom. The third kappa shape index (κ3) is 5.11. The molecular formula is C11H15BrN2O2. The number of hydrogen-bond acceptors (Lipinski definition) is 3. The van der Waals surface area contributed by atoms with E-state index in [2.05, 4.69) is 26.2 Å². The molecule has 0 bridgehead atoms. The largest absolute Gasteiger partial charge is 0.450 e. The van der Waals surface area contributed by atoms with Crippen LogP contribution in [0.3, 0.4) is 0 Å². The Balaban J connectivity index is 2.23. The van der Waals surface area contributed by atoms with Crippen LogP contribution < -0.4 is 5.32 Å². The molecule has 1 rings (SSSR count). The molecule has 4 nitrogen and oxygen atoms in total. The molecule has 1 N–H and O–H groups in total. The van der Waals surface area contributed by atoms with Crippen LogP contribution in [-0.2, 0) is 11.3 Å². The van der Waals surface area contributed by atoms with Crippen LogP contribution >= 0.6 is 15.9 Å². The van der Waals surface area contributed by atoms with Crippen LogP contribution in [0.5, 0.6) is 0 Å². The minimum atomic E-state index is -0.391. The lowest BCUT2D eigenvalue weighted by Crippen LogP contribution is -2.24. The maximum atomic E-state index is 11.2. The van der Waals surface area contributed by atoms with Gasteiger partial charge in [0.2, 0.25) is 0 Å². The summed E-state index contributed by atoms with van der Waals surface area (Å²) < 4.78 is 5.86. The van der Waals surface area contributed by atoms with Gasteiger partial charge in [-0.1, -0.05) is 13.3 Å². The summed E-state index contributed by atoms with van der Waals surface area (Å²) in [5.74, 6) is 0. The van der Waals surface area contributed by atoms with Gasteiger partial charge in [0.1, 0.15) is 0 Å². The van der Waals surface area contributed by atoms with Crippen LogP contribution in [0.4, 0.5) is 4.79 Å². The highest BCUT2D eigenvalue weighted by Crippen LogP contribution is 2.07. The highest BCUT2D eigenvalue weighted by atomic mass is 79.9. The van der Waals surface area contributed by atoms with E-state index < -0.39 is 6.09 Å². The van der Waals surface area contributed by atoms with Crippen molar-refractivity contribution >= 4 is 22.0 Å². The Hall–Kier alpha value is -1.10. The van der Waals surface area contributed by atoms with Gasteiger partial charge in [0.05, 0.1) is 18.8 Å². The number of ether oxygens (including phenoxy) is 1. The number of amides is 1. The zero-order valence-corrected chi connectivity index (χ0v) is 10.8. The van der Waals surface area contributed by atoms with Gasteiger partial charge in [-0.15, -0.1) is 0 Å². The van der Waals surface area contributed by atoms with Crippen LogP contribution in [0.2, 0.25) is 0 Å². The lowest BCUT2D eigenvalue weighted by Gasteiger charge is -2.05. The van der Waals surface area contributed by atoms with Crippen LogP contribution in [-0.4, -0.2) is 17.7 Å². The maximum Gasteiger partial charge on any atom is 0.407 e. The van der Waals surface area contributed by atoms with Crippen molar-refractivity contribution < 1.29 is 9.53 Å². The third-order valence-corrected chi connectivity index (χ3v) is 2.40. The highest BCUT2D eigenvalue weighted by molar-refractivity contribution is 9.10. The summed E-state index contributed by atoms with van der Waals surface area (Å²) in [6.07, 6.45) is 3.21. The number of nitrogens with zero attached hydrogens (tertiary/aromatic N) is 1. The smallest absolute Gasteiger partial charge is 0.407 e. The van der Waals surface area contributed by atoms with Gasteiger partial charge < -0.3 is 10.1 Å². The first kappa shape index (κ1) is 13.0. The molecule has 88 valence electrons. The number of alkyl carbamates (subject to hydrolysis) is 1. The summed E-state index contributed by atoms with van der Waals surface area (Å²) in [6, 6.07) is 3.73. The summed E-state index contributed by atoms with van der Waals surface area (Å²) in [7, 11) is 0. The second-order valence-corrected chi connectivity index (χ2v) is 4.23. The maximum absolute atomic E-state index is 11.2. The summed E-state index contributed by atoms with van der Waals surface area (Å²) in [6.45, 7) is 2.90. The molecule has 16 heavy (non-hydrogen) atoms. The van der Waals surface area contributed by atoms with E-state index in [-0.39, 0.29) is 0 Å². The van der Waals surface area contributed by atoms with Gasteiger partial charge in [0.15, 0.2) is 0 Å². The molecule has 0 spiro atoms. The van der Waals surface area contributed by atoms with Crippen LogP contribution in [0.25, 0.3) is 0 Å². The lowest BCUT2D eigenvalue weighted by atomic mass is 10.3. The molecule has 0 saturated carbocycles. The quantitative estimate of drug-likeness (QED) is 0.847. The predicted octanol–water partition coefficient (Wildman–Crippen LogP) is 2.87. The van der Waals surface area contributed by atoms with E-state index in [1.165, 1.54) is 0 Å². The number of unbranched alkanes of at least 4 members (excludes halogenated alkanes) is 1. The van der Waals surface area contributed by atoms with Gasteiger partial charge in [-0.25, -0.2) is 4.79 Å². The first-order chi connectivity index (χ1) is 7.72. The molecule has 0 saturated heterocycles. The molecular weight excluding hydrogens is 272 g/mol. The summed E-state index contributed by atoms with van der Waals surface area (Å²) in [5.41, 5.74) is 0.802. The number of nitrogens with one attached hydrogen (secondary N) is 1. The number of halogens is 1. The lowest BCUT2D eigenvalue weighted by molar-refractivity contribution is 0.144. The van der Waals surface area contributed by atoms with Gasteiger partial charge >= 0.3 is 6.09 Å². The van der Waals surface area contributed by atoms with E-state index in [1.807, 2.05) is 19.1 Å². The minimum absolute atomic E-state index is 0.387. The van der Waals surface area contributed by atoms with Gasteiger partial charge in [-0.3, -0.25) is 4.98 Å². The third-order valence-electron chi connectivity index (χ3n) is 1.93. The molecule has 0 aliphatic rings. The molecule has 0 aliphatic carbocycles. The van der Waals surface area contributed by atoms with Crippen LogP contribution in [0, 0.1) is 0 Å². The molecule has 1 aromatic heterocycles. The number of aromatic nitrogens is 1. The molecule has 0 aliphatic heterocycles. The Kier molecular flexibility index (Phi) is 5.85. The minimum Gasteiger partial charge on any atom is -0.450 e. The highest BCUT2D eigenvalue weighted by Gasteiger charge is 2.01. The molecule has 0 atom stereocenters. The van der Waals surface area contributed by atoms with Gasteiger partial charge in [0, 0.05) is 10.7 Å². The number of rotatable bonds is 5. The van der Waals surface area contributed by atoms with Crippen molar-refractivity contribution in [1.29, 1.82) is 0 Å². The predicted molar refractivity (Wildman–Crippen MR) is 65.0 cm³/mol. The van der Waals surface area contributed by atoms with Crippen molar-refractivity contribution in [1.82, 2.24) is 10.3 Å². The zero-order valence-electron chi connectivity index (χ0n) is 9.20. The SMILES string of the molecule is CCCCOC(=O)NCc1ccc(Br)cn1. The van der Waals surface area contributed by atoms with Gasteiger partial charge in [0.25, 0.3) is 0 Å². The molecule has 0 aromatic carbocycles. The second kappa shape index (κ2) is 7.22. The zero-order chi connectivity index (χ0) is 11.8. The summed E-state index contributed by atoms with van der Waals surface area (Å²) >= 11 is 3.29. The first-order valence-electron chi connectivity index (χ1n) is 5.23. The van der Waals surface area contributed by atoms with Crippen molar-refractivity contribution in [3.05, 3.63) is 28.5 Å².